The normalized spacial score (nSPS) is 11.5. The number of esters is 1. The molecule has 0 aliphatic carbocycles. The van der Waals surface area contributed by atoms with Crippen LogP contribution in [0, 0.1) is 0 Å². The first-order chi connectivity index (χ1) is 11.7. The number of unbranched alkanes of at least 4 members (excludes halogenated alkanes) is 1. The monoisotopic (exact) mass is 330 g/mol. The minimum Gasteiger partial charge on any atom is -0.464 e. The van der Waals surface area contributed by atoms with Crippen LogP contribution in [0.1, 0.15) is 37.1 Å². The summed E-state index contributed by atoms with van der Waals surface area (Å²) in [6, 6.07) is 11.9. The minimum absolute atomic E-state index is 0.134. The van der Waals surface area contributed by atoms with Crippen molar-refractivity contribution in [3.05, 3.63) is 59.9 Å². The summed E-state index contributed by atoms with van der Waals surface area (Å²) in [4.78, 5) is 27.1. The topological polar surface area (TPSA) is 80.4 Å². The van der Waals surface area contributed by atoms with E-state index in [4.69, 9.17) is 9.47 Å². The highest BCUT2D eigenvalue weighted by atomic mass is 16.6. The van der Waals surface area contributed by atoms with E-state index in [2.05, 4.69) is 10.3 Å². The number of aromatic amines is 1. The van der Waals surface area contributed by atoms with Crippen LogP contribution in [0.25, 0.3) is 0 Å². The third-order valence-corrected chi connectivity index (χ3v) is 3.39. The average molecular weight is 330 g/mol. The number of hydrogen-bond donors (Lipinski definition) is 2. The standard InChI is InChI=1S/C18H22N2O4/c1-2-3-12-23-17(21)16(15-10-7-11-19-15)20-18(22)24-13-14-8-5-4-6-9-14/h4-11,16,19H,2-3,12-13H2,1H3,(H,20,22). The summed E-state index contributed by atoms with van der Waals surface area (Å²) in [5.74, 6) is -0.512. The van der Waals surface area contributed by atoms with E-state index in [-0.39, 0.29) is 6.61 Å². The van der Waals surface area contributed by atoms with Gasteiger partial charge in [0, 0.05) is 11.9 Å². The number of hydrogen-bond acceptors (Lipinski definition) is 4. The number of nitrogens with one attached hydrogen (secondary N) is 2. The van der Waals surface area contributed by atoms with Gasteiger partial charge < -0.3 is 19.8 Å². The molecule has 0 saturated heterocycles. The molecule has 0 aliphatic rings. The number of aromatic nitrogens is 1. The van der Waals surface area contributed by atoms with E-state index in [9.17, 15) is 9.59 Å². The number of alkyl carbamates (subject to hydrolysis) is 1. The van der Waals surface area contributed by atoms with Crippen LogP contribution in [0.15, 0.2) is 48.7 Å². The highest BCUT2D eigenvalue weighted by Gasteiger charge is 2.25. The SMILES string of the molecule is CCCCOC(=O)C(NC(=O)OCc1ccccc1)c1ccc[nH]1. The smallest absolute Gasteiger partial charge is 0.408 e. The van der Waals surface area contributed by atoms with Gasteiger partial charge in [-0.25, -0.2) is 9.59 Å². The van der Waals surface area contributed by atoms with Crippen LogP contribution in [0.4, 0.5) is 4.79 Å². The first-order valence-electron chi connectivity index (χ1n) is 7.98. The van der Waals surface area contributed by atoms with E-state index >= 15 is 0 Å². The first-order valence-corrected chi connectivity index (χ1v) is 7.98. The second-order valence-corrected chi connectivity index (χ2v) is 5.29. The molecule has 6 nitrogen and oxygen atoms in total. The van der Waals surface area contributed by atoms with Crippen molar-refractivity contribution >= 4 is 12.1 Å². The van der Waals surface area contributed by atoms with Crippen LogP contribution in [-0.2, 0) is 20.9 Å². The molecular weight excluding hydrogens is 308 g/mol. The number of carbonyl (C=O) groups is 2. The summed E-state index contributed by atoms with van der Waals surface area (Å²) in [5, 5.41) is 2.55. The first kappa shape index (κ1) is 17.6. The van der Waals surface area contributed by atoms with Gasteiger partial charge in [-0.1, -0.05) is 43.7 Å². The number of ether oxygens (including phenoxy) is 2. The van der Waals surface area contributed by atoms with Crippen molar-refractivity contribution in [3.63, 3.8) is 0 Å². The van der Waals surface area contributed by atoms with E-state index in [0.29, 0.717) is 12.3 Å². The van der Waals surface area contributed by atoms with Gasteiger partial charge in [0.1, 0.15) is 6.61 Å². The Kier molecular flexibility index (Phi) is 6.89. The van der Waals surface area contributed by atoms with Crippen molar-refractivity contribution in [2.75, 3.05) is 6.61 Å². The summed E-state index contributed by atoms with van der Waals surface area (Å²) >= 11 is 0. The second kappa shape index (κ2) is 9.39. The molecule has 2 N–H and O–H groups in total. The van der Waals surface area contributed by atoms with Gasteiger partial charge in [-0.05, 0) is 24.1 Å². The molecule has 2 aromatic rings. The largest absolute Gasteiger partial charge is 0.464 e. The molecule has 24 heavy (non-hydrogen) atoms. The fourth-order valence-corrected chi connectivity index (χ4v) is 2.07. The second-order valence-electron chi connectivity index (χ2n) is 5.29. The lowest BCUT2D eigenvalue weighted by molar-refractivity contribution is -0.146. The number of rotatable bonds is 8. The van der Waals surface area contributed by atoms with Crippen molar-refractivity contribution < 1.29 is 19.1 Å². The van der Waals surface area contributed by atoms with Gasteiger partial charge in [0.25, 0.3) is 0 Å². The zero-order valence-electron chi connectivity index (χ0n) is 13.7. The van der Waals surface area contributed by atoms with Gasteiger partial charge in [0.15, 0.2) is 6.04 Å². The fraction of sp³-hybridized carbons (Fsp3) is 0.333. The molecule has 1 heterocycles. The highest BCUT2D eigenvalue weighted by Crippen LogP contribution is 2.13. The molecule has 1 amide bonds. The lowest BCUT2D eigenvalue weighted by Crippen LogP contribution is -2.35. The summed E-state index contributed by atoms with van der Waals surface area (Å²) in [6.07, 6.45) is 2.71. The molecule has 1 aromatic heterocycles. The molecule has 1 aromatic carbocycles. The van der Waals surface area contributed by atoms with E-state index < -0.39 is 18.1 Å². The number of benzene rings is 1. The molecule has 1 unspecified atom stereocenters. The van der Waals surface area contributed by atoms with Gasteiger partial charge >= 0.3 is 12.1 Å². The Morgan fingerprint density at radius 2 is 1.92 bits per heavy atom. The van der Waals surface area contributed by atoms with Gasteiger partial charge in [0.05, 0.1) is 6.61 Å². The Morgan fingerprint density at radius 1 is 1.12 bits per heavy atom. The predicted molar refractivity (Wildman–Crippen MR) is 89.2 cm³/mol. The van der Waals surface area contributed by atoms with Crippen molar-refractivity contribution in [1.82, 2.24) is 10.3 Å². The molecule has 0 spiro atoms. The van der Waals surface area contributed by atoms with E-state index in [0.717, 1.165) is 18.4 Å². The van der Waals surface area contributed by atoms with Crippen LogP contribution < -0.4 is 5.32 Å². The molecule has 0 fully saturated rings. The van der Waals surface area contributed by atoms with Gasteiger partial charge in [-0.15, -0.1) is 0 Å². The predicted octanol–water partition coefficient (Wildman–Crippen LogP) is 3.33. The Bertz CT molecular complexity index is 626. The minimum atomic E-state index is -0.917. The quantitative estimate of drug-likeness (QED) is 0.575. The van der Waals surface area contributed by atoms with Crippen LogP contribution in [-0.4, -0.2) is 23.7 Å². The van der Waals surface area contributed by atoms with Crippen LogP contribution in [0.3, 0.4) is 0 Å². The molecule has 128 valence electrons. The van der Waals surface area contributed by atoms with Gasteiger partial charge in [0.2, 0.25) is 0 Å². The Balaban J connectivity index is 1.92. The number of carbonyl (C=O) groups excluding carboxylic acids is 2. The van der Waals surface area contributed by atoms with Crippen LogP contribution >= 0.6 is 0 Å². The number of H-pyrrole nitrogens is 1. The molecule has 0 saturated carbocycles. The lowest BCUT2D eigenvalue weighted by atomic mass is 10.2. The zero-order valence-corrected chi connectivity index (χ0v) is 13.7. The Hall–Kier alpha value is -2.76. The molecule has 0 radical (unpaired) electrons. The maximum absolute atomic E-state index is 12.2. The molecule has 0 bridgehead atoms. The van der Waals surface area contributed by atoms with E-state index in [1.54, 1.807) is 18.3 Å². The summed E-state index contributed by atoms with van der Waals surface area (Å²) in [7, 11) is 0. The third-order valence-electron chi connectivity index (χ3n) is 3.39. The zero-order chi connectivity index (χ0) is 17.2. The molecular formula is C18H22N2O4. The van der Waals surface area contributed by atoms with Crippen molar-refractivity contribution in [2.24, 2.45) is 0 Å². The average Bonchev–Trinajstić information content (AvgIpc) is 3.13. The Morgan fingerprint density at radius 3 is 2.58 bits per heavy atom. The number of amides is 1. The summed E-state index contributed by atoms with van der Waals surface area (Å²) < 4.78 is 10.4. The van der Waals surface area contributed by atoms with Crippen molar-refractivity contribution in [1.29, 1.82) is 0 Å². The van der Waals surface area contributed by atoms with Gasteiger partial charge in [-0.3, -0.25) is 0 Å². The summed E-state index contributed by atoms with van der Waals surface area (Å²) in [6.45, 7) is 2.47. The van der Waals surface area contributed by atoms with Crippen LogP contribution in [0.5, 0.6) is 0 Å². The molecule has 6 heteroatoms. The molecule has 1 atom stereocenters. The fourth-order valence-electron chi connectivity index (χ4n) is 2.07. The summed E-state index contributed by atoms with van der Waals surface area (Å²) in [5.41, 5.74) is 1.42. The van der Waals surface area contributed by atoms with E-state index in [1.165, 1.54) is 0 Å². The highest BCUT2D eigenvalue weighted by molar-refractivity contribution is 5.82. The Labute approximate surface area is 141 Å². The van der Waals surface area contributed by atoms with Gasteiger partial charge in [-0.2, -0.15) is 0 Å². The third kappa shape index (κ3) is 5.46. The van der Waals surface area contributed by atoms with E-state index in [1.807, 2.05) is 37.3 Å². The lowest BCUT2D eigenvalue weighted by Gasteiger charge is -2.16. The maximum atomic E-state index is 12.2. The van der Waals surface area contributed by atoms with Crippen molar-refractivity contribution in [3.8, 4) is 0 Å². The van der Waals surface area contributed by atoms with Crippen LogP contribution in [0.2, 0.25) is 0 Å². The maximum Gasteiger partial charge on any atom is 0.408 e. The molecule has 2 rings (SSSR count). The molecule has 0 aliphatic heterocycles. The van der Waals surface area contributed by atoms with Crippen molar-refractivity contribution in [2.45, 2.75) is 32.4 Å².